The van der Waals surface area contributed by atoms with Crippen LogP contribution in [-0.4, -0.2) is 18.0 Å². The van der Waals surface area contributed by atoms with E-state index in [1.165, 1.54) is 0 Å². The molecule has 0 radical (unpaired) electrons. The van der Waals surface area contributed by atoms with Gasteiger partial charge in [-0.05, 0) is 12.8 Å². The number of hydrogen-bond acceptors (Lipinski definition) is 1. The molecule has 0 aromatic carbocycles. The third-order valence-electron chi connectivity index (χ3n) is 2.92. The van der Waals surface area contributed by atoms with Crippen LogP contribution in [0.25, 0.3) is 0 Å². The van der Waals surface area contributed by atoms with E-state index in [-0.39, 0.29) is 36.7 Å². The summed E-state index contributed by atoms with van der Waals surface area (Å²) in [6.45, 7) is 6.27. The van der Waals surface area contributed by atoms with Gasteiger partial charge in [-0.1, -0.05) is 13.8 Å². The molecule has 1 N–H and O–H groups in total. The quantitative estimate of drug-likeness (QED) is 0.707. The average molecular weight is 214 g/mol. The van der Waals surface area contributed by atoms with Crippen LogP contribution in [0.3, 0.4) is 0 Å². The second kappa shape index (κ2) is 4.09. The standard InChI is InChI=1S/C9H17F2N.ClH/c1-7(2)8(3)6-9(10,11)4-5-12-8;/h7,12H,4-6H2,1-3H3;1H. The first kappa shape index (κ1) is 13.1. The molecule has 1 aliphatic heterocycles. The van der Waals surface area contributed by atoms with Crippen LogP contribution in [0.15, 0.2) is 0 Å². The van der Waals surface area contributed by atoms with Crippen LogP contribution in [0.2, 0.25) is 0 Å². The Morgan fingerprint density at radius 2 is 1.85 bits per heavy atom. The molecule has 4 heteroatoms. The van der Waals surface area contributed by atoms with Gasteiger partial charge in [0, 0.05) is 24.9 Å². The lowest BCUT2D eigenvalue weighted by atomic mass is 9.79. The average Bonchev–Trinajstić information content (AvgIpc) is 1.83. The summed E-state index contributed by atoms with van der Waals surface area (Å²) in [5.74, 6) is -2.21. The molecule has 1 fully saturated rings. The molecule has 1 rings (SSSR count). The predicted molar refractivity (Wildman–Crippen MR) is 52.7 cm³/mol. The summed E-state index contributed by atoms with van der Waals surface area (Å²) in [4.78, 5) is 0. The highest BCUT2D eigenvalue weighted by Crippen LogP contribution is 2.36. The van der Waals surface area contributed by atoms with Gasteiger partial charge in [-0.3, -0.25) is 0 Å². The van der Waals surface area contributed by atoms with Crippen molar-refractivity contribution in [3.8, 4) is 0 Å². The SMILES string of the molecule is CC(C)C1(C)CC(F)(F)CCN1.Cl. The zero-order valence-electron chi connectivity index (χ0n) is 8.36. The molecule has 13 heavy (non-hydrogen) atoms. The first-order valence-corrected chi connectivity index (χ1v) is 4.49. The Bertz CT molecular complexity index is 173. The zero-order valence-corrected chi connectivity index (χ0v) is 9.18. The van der Waals surface area contributed by atoms with E-state index >= 15 is 0 Å². The summed E-state index contributed by atoms with van der Waals surface area (Å²) in [7, 11) is 0. The van der Waals surface area contributed by atoms with E-state index in [9.17, 15) is 8.78 Å². The third-order valence-corrected chi connectivity index (χ3v) is 2.92. The molecule has 0 saturated carbocycles. The normalized spacial score (nSPS) is 32.8. The first-order chi connectivity index (χ1) is 5.36. The largest absolute Gasteiger partial charge is 0.311 e. The molecular formula is C9H18ClF2N. The zero-order chi connectivity index (χ0) is 9.41. The van der Waals surface area contributed by atoms with Gasteiger partial charge in [0.15, 0.2) is 0 Å². The second-order valence-corrected chi connectivity index (χ2v) is 4.28. The summed E-state index contributed by atoms with van der Waals surface area (Å²) < 4.78 is 26.0. The molecule has 0 aromatic heterocycles. The molecule has 0 bridgehead atoms. The van der Waals surface area contributed by atoms with Gasteiger partial charge in [0.05, 0.1) is 0 Å². The molecule has 1 heterocycles. The Balaban J connectivity index is 0.00000144. The van der Waals surface area contributed by atoms with Gasteiger partial charge in [0.1, 0.15) is 0 Å². The summed E-state index contributed by atoms with van der Waals surface area (Å²) in [6.07, 6.45) is -0.0486. The minimum atomic E-state index is -2.47. The van der Waals surface area contributed by atoms with Gasteiger partial charge < -0.3 is 5.32 Å². The number of piperidine rings is 1. The number of rotatable bonds is 1. The molecule has 1 nitrogen and oxygen atoms in total. The van der Waals surface area contributed by atoms with Crippen molar-refractivity contribution < 1.29 is 8.78 Å². The highest BCUT2D eigenvalue weighted by atomic mass is 35.5. The fourth-order valence-corrected chi connectivity index (χ4v) is 1.63. The Morgan fingerprint density at radius 3 is 2.15 bits per heavy atom. The monoisotopic (exact) mass is 213 g/mol. The van der Waals surface area contributed by atoms with E-state index in [1.807, 2.05) is 20.8 Å². The van der Waals surface area contributed by atoms with Crippen LogP contribution in [-0.2, 0) is 0 Å². The van der Waals surface area contributed by atoms with Crippen LogP contribution >= 0.6 is 12.4 Å². The van der Waals surface area contributed by atoms with Crippen LogP contribution < -0.4 is 5.32 Å². The maximum atomic E-state index is 13.0. The molecule has 0 aromatic rings. The highest BCUT2D eigenvalue weighted by Gasteiger charge is 2.44. The molecule has 1 saturated heterocycles. The van der Waals surface area contributed by atoms with E-state index in [1.54, 1.807) is 0 Å². The van der Waals surface area contributed by atoms with Crippen LogP contribution in [0, 0.1) is 5.92 Å². The van der Waals surface area contributed by atoms with Gasteiger partial charge in [-0.15, -0.1) is 12.4 Å². The van der Waals surface area contributed by atoms with Crippen molar-refractivity contribution in [1.82, 2.24) is 5.32 Å². The minimum absolute atomic E-state index is 0. The molecular weight excluding hydrogens is 196 g/mol. The Kier molecular flexibility index (Phi) is 4.13. The van der Waals surface area contributed by atoms with E-state index in [2.05, 4.69) is 5.32 Å². The fraction of sp³-hybridized carbons (Fsp3) is 1.00. The van der Waals surface area contributed by atoms with Crippen molar-refractivity contribution >= 4 is 12.4 Å². The number of halogens is 3. The lowest BCUT2D eigenvalue weighted by Gasteiger charge is -2.42. The van der Waals surface area contributed by atoms with E-state index in [4.69, 9.17) is 0 Å². The number of alkyl halides is 2. The van der Waals surface area contributed by atoms with E-state index in [0.717, 1.165) is 0 Å². The molecule has 0 aliphatic carbocycles. The van der Waals surface area contributed by atoms with E-state index in [0.29, 0.717) is 6.54 Å². The molecule has 0 spiro atoms. The van der Waals surface area contributed by atoms with Crippen molar-refractivity contribution in [3.63, 3.8) is 0 Å². The summed E-state index contributed by atoms with van der Waals surface area (Å²) in [5.41, 5.74) is -0.387. The van der Waals surface area contributed by atoms with Crippen molar-refractivity contribution in [1.29, 1.82) is 0 Å². The minimum Gasteiger partial charge on any atom is -0.311 e. The van der Waals surface area contributed by atoms with Crippen molar-refractivity contribution in [2.75, 3.05) is 6.54 Å². The highest BCUT2D eigenvalue weighted by molar-refractivity contribution is 5.85. The maximum Gasteiger partial charge on any atom is 0.251 e. The Hall–Kier alpha value is 0.110. The Labute approximate surface area is 84.7 Å². The topological polar surface area (TPSA) is 12.0 Å². The lowest BCUT2D eigenvalue weighted by molar-refractivity contribution is -0.0687. The molecule has 80 valence electrons. The lowest BCUT2D eigenvalue weighted by Crippen LogP contribution is -2.55. The smallest absolute Gasteiger partial charge is 0.251 e. The van der Waals surface area contributed by atoms with Crippen molar-refractivity contribution in [2.45, 2.75) is 45.1 Å². The number of nitrogens with one attached hydrogen (secondary N) is 1. The summed E-state index contributed by atoms with van der Waals surface area (Å²) in [6, 6.07) is 0. The second-order valence-electron chi connectivity index (χ2n) is 4.28. The third kappa shape index (κ3) is 3.06. The van der Waals surface area contributed by atoms with E-state index < -0.39 is 5.92 Å². The first-order valence-electron chi connectivity index (χ1n) is 4.49. The van der Waals surface area contributed by atoms with Gasteiger partial charge in [-0.2, -0.15) is 0 Å². The van der Waals surface area contributed by atoms with Crippen molar-refractivity contribution in [2.24, 2.45) is 5.92 Å². The maximum absolute atomic E-state index is 13.0. The van der Waals surface area contributed by atoms with Crippen LogP contribution in [0.4, 0.5) is 8.78 Å². The summed E-state index contributed by atoms with van der Waals surface area (Å²) in [5, 5.41) is 3.17. The van der Waals surface area contributed by atoms with Gasteiger partial charge in [0.2, 0.25) is 0 Å². The molecule has 1 atom stereocenters. The van der Waals surface area contributed by atoms with Gasteiger partial charge in [0.25, 0.3) is 5.92 Å². The van der Waals surface area contributed by atoms with Crippen LogP contribution in [0.1, 0.15) is 33.6 Å². The Morgan fingerprint density at radius 1 is 1.31 bits per heavy atom. The molecule has 1 unspecified atom stereocenters. The number of hydrogen-bond donors (Lipinski definition) is 1. The van der Waals surface area contributed by atoms with Crippen molar-refractivity contribution in [3.05, 3.63) is 0 Å². The fourth-order valence-electron chi connectivity index (χ4n) is 1.63. The van der Waals surface area contributed by atoms with Crippen LogP contribution in [0.5, 0.6) is 0 Å². The van der Waals surface area contributed by atoms with Gasteiger partial charge in [-0.25, -0.2) is 8.78 Å². The predicted octanol–water partition coefficient (Wildman–Crippen LogP) is 2.84. The summed E-state index contributed by atoms with van der Waals surface area (Å²) >= 11 is 0. The molecule has 1 aliphatic rings. The van der Waals surface area contributed by atoms with Gasteiger partial charge >= 0.3 is 0 Å². The molecule has 0 amide bonds.